The van der Waals surface area contributed by atoms with Gasteiger partial charge in [-0.15, -0.1) is 0 Å². The van der Waals surface area contributed by atoms with E-state index in [1.54, 1.807) is 0 Å². The van der Waals surface area contributed by atoms with Gasteiger partial charge in [-0.1, -0.05) is 11.6 Å². The molecule has 2 rings (SSSR count). The van der Waals surface area contributed by atoms with E-state index in [2.05, 4.69) is 0 Å². The first-order valence-electron chi connectivity index (χ1n) is 5.68. The van der Waals surface area contributed by atoms with Gasteiger partial charge in [-0.25, -0.2) is 0 Å². The van der Waals surface area contributed by atoms with Crippen LogP contribution in [0.1, 0.15) is 18.4 Å². The number of fused-ring (bicyclic) bond motifs is 1. The summed E-state index contributed by atoms with van der Waals surface area (Å²) < 4.78 is 0. The maximum absolute atomic E-state index is 11.9. The molecule has 98 valence electrons. The lowest BCUT2D eigenvalue weighted by molar-refractivity contribution is -0.384. The van der Waals surface area contributed by atoms with E-state index in [4.69, 9.17) is 16.9 Å². The van der Waals surface area contributed by atoms with Crippen molar-refractivity contribution < 1.29 is 9.72 Å². The van der Waals surface area contributed by atoms with Gasteiger partial charge in [-0.3, -0.25) is 19.8 Å². The number of carbonyl (C=O) groups excluding carboxylic acids is 1. The van der Waals surface area contributed by atoms with E-state index in [1.165, 1.54) is 17.0 Å². The van der Waals surface area contributed by atoms with E-state index in [0.29, 0.717) is 24.9 Å². The topological polar surface area (TPSA) is 87.2 Å². The number of hydrogen-bond donors (Lipinski definition) is 0. The fourth-order valence-electron chi connectivity index (χ4n) is 2.13. The molecule has 0 atom stereocenters. The molecule has 1 aromatic rings. The van der Waals surface area contributed by atoms with Crippen molar-refractivity contribution >= 4 is 28.9 Å². The summed E-state index contributed by atoms with van der Waals surface area (Å²) in [6.45, 7) is -0.120. The number of nitriles is 1. The Kier molecular flexibility index (Phi) is 3.67. The Balaban J connectivity index is 2.59. The second kappa shape index (κ2) is 5.24. The number of halogens is 1. The molecule has 1 aliphatic heterocycles. The van der Waals surface area contributed by atoms with Crippen LogP contribution >= 0.6 is 11.6 Å². The van der Waals surface area contributed by atoms with Crippen LogP contribution in [0.5, 0.6) is 0 Å². The quantitative estimate of drug-likeness (QED) is 0.472. The zero-order valence-corrected chi connectivity index (χ0v) is 10.7. The molecule has 0 unspecified atom stereocenters. The number of hydrogen-bond acceptors (Lipinski definition) is 4. The molecule has 0 fully saturated rings. The summed E-state index contributed by atoms with van der Waals surface area (Å²) >= 11 is 5.86. The van der Waals surface area contributed by atoms with E-state index in [0.717, 1.165) is 5.56 Å². The number of aryl methyl sites for hydroxylation is 1. The first kappa shape index (κ1) is 13.3. The lowest BCUT2D eigenvalue weighted by Crippen LogP contribution is -2.30. The average molecular weight is 280 g/mol. The summed E-state index contributed by atoms with van der Waals surface area (Å²) in [5.74, 6) is -0.197. The smallest absolute Gasteiger partial charge is 0.289 e. The van der Waals surface area contributed by atoms with Gasteiger partial charge in [0.15, 0.2) is 0 Å². The number of carbonyl (C=O) groups is 1. The van der Waals surface area contributed by atoms with E-state index < -0.39 is 4.92 Å². The van der Waals surface area contributed by atoms with Crippen LogP contribution in [0.3, 0.4) is 0 Å². The molecule has 1 amide bonds. The first-order chi connectivity index (χ1) is 9.04. The lowest BCUT2D eigenvalue weighted by Gasteiger charge is -2.19. The molecule has 0 saturated carbocycles. The van der Waals surface area contributed by atoms with Gasteiger partial charge < -0.3 is 0 Å². The minimum absolute atomic E-state index is 0.0509. The highest BCUT2D eigenvalue weighted by Gasteiger charge is 2.26. The van der Waals surface area contributed by atoms with Crippen molar-refractivity contribution in [3.63, 3.8) is 0 Å². The highest BCUT2D eigenvalue weighted by Crippen LogP contribution is 2.35. The average Bonchev–Trinajstić information content (AvgIpc) is 2.49. The predicted molar refractivity (Wildman–Crippen MR) is 69.0 cm³/mol. The number of nitro benzene ring substituents is 1. The number of amides is 1. The molecular formula is C12H10ClN3O3. The lowest BCUT2D eigenvalue weighted by atomic mass is 10.1. The summed E-state index contributed by atoms with van der Waals surface area (Å²) in [6, 6.07) is 4.69. The summed E-state index contributed by atoms with van der Waals surface area (Å²) in [5.41, 5.74) is 0.926. The van der Waals surface area contributed by atoms with Crippen LogP contribution in [-0.4, -0.2) is 17.4 Å². The molecule has 0 saturated heterocycles. The molecule has 0 aromatic heterocycles. The van der Waals surface area contributed by atoms with Gasteiger partial charge >= 0.3 is 0 Å². The number of nitro groups is 1. The van der Waals surface area contributed by atoms with Crippen LogP contribution in [0.15, 0.2) is 12.1 Å². The summed E-state index contributed by atoms with van der Waals surface area (Å²) in [6.07, 6.45) is 1.57. The molecule has 0 N–H and O–H groups in total. The van der Waals surface area contributed by atoms with Crippen molar-refractivity contribution in [3.8, 4) is 6.07 Å². The van der Waals surface area contributed by atoms with Crippen molar-refractivity contribution in [1.82, 2.24) is 0 Å². The van der Waals surface area contributed by atoms with Gasteiger partial charge in [-0.05, 0) is 24.5 Å². The zero-order valence-electron chi connectivity index (χ0n) is 9.93. The first-order valence-corrected chi connectivity index (χ1v) is 6.06. The molecule has 19 heavy (non-hydrogen) atoms. The van der Waals surface area contributed by atoms with Crippen LogP contribution in [0, 0.1) is 21.4 Å². The Bertz CT molecular complexity index is 595. The Hall–Kier alpha value is -2.13. The maximum Gasteiger partial charge on any atom is 0.289 e. The van der Waals surface area contributed by atoms with Crippen molar-refractivity contribution in [2.24, 2.45) is 0 Å². The summed E-state index contributed by atoms with van der Waals surface area (Å²) in [7, 11) is 0. The third-order valence-corrected chi connectivity index (χ3v) is 3.30. The van der Waals surface area contributed by atoms with Crippen LogP contribution in [0.2, 0.25) is 5.02 Å². The fraction of sp³-hybridized carbons (Fsp3) is 0.333. The molecule has 1 aromatic carbocycles. The maximum atomic E-state index is 11.9. The largest absolute Gasteiger partial charge is 0.298 e. The molecule has 0 radical (unpaired) electrons. The SMILES string of the molecule is N#CCN1C(=O)CCCc2cc(Cl)c([N+](=O)[O-])cc21. The Morgan fingerprint density at radius 3 is 2.84 bits per heavy atom. The summed E-state index contributed by atoms with van der Waals surface area (Å²) in [5, 5.41) is 19.7. The number of rotatable bonds is 2. The van der Waals surface area contributed by atoms with Crippen LogP contribution in [0.25, 0.3) is 0 Å². The minimum Gasteiger partial charge on any atom is -0.298 e. The van der Waals surface area contributed by atoms with Gasteiger partial charge in [0.2, 0.25) is 5.91 Å². The number of benzene rings is 1. The van der Waals surface area contributed by atoms with E-state index in [-0.39, 0.29) is 23.2 Å². The van der Waals surface area contributed by atoms with E-state index in [9.17, 15) is 14.9 Å². The second-order valence-electron chi connectivity index (χ2n) is 4.18. The van der Waals surface area contributed by atoms with Crippen molar-refractivity contribution in [2.45, 2.75) is 19.3 Å². The highest BCUT2D eigenvalue weighted by atomic mass is 35.5. The van der Waals surface area contributed by atoms with Gasteiger partial charge in [0.05, 0.1) is 16.7 Å². The minimum atomic E-state index is -0.595. The van der Waals surface area contributed by atoms with Gasteiger partial charge in [-0.2, -0.15) is 5.26 Å². The third-order valence-electron chi connectivity index (χ3n) is 3.00. The third kappa shape index (κ3) is 2.51. The van der Waals surface area contributed by atoms with Crippen LogP contribution < -0.4 is 4.90 Å². The monoisotopic (exact) mass is 279 g/mol. The molecule has 6 nitrogen and oxygen atoms in total. The molecule has 0 spiro atoms. The highest BCUT2D eigenvalue weighted by molar-refractivity contribution is 6.32. The predicted octanol–water partition coefficient (Wildman–Crippen LogP) is 2.44. The normalized spacial score (nSPS) is 14.5. The van der Waals surface area contributed by atoms with Crippen LogP contribution in [-0.2, 0) is 11.2 Å². The number of anilines is 1. The van der Waals surface area contributed by atoms with Gasteiger partial charge in [0.25, 0.3) is 5.69 Å². The Morgan fingerprint density at radius 2 is 2.21 bits per heavy atom. The molecule has 0 aliphatic carbocycles. The van der Waals surface area contributed by atoms with Crippen molar-refractivity contribution in [2.75, 3.05) is 11.4 Å². The Morgan fingerprint density at radius 1 is 1.47 bits per heavy atom. The molecule has 1 heterocycles. The van der Waals surface area contributed by atoms with Crippen molar-refractivity contribution in [1.29, 1.82) is 5.26 Å². The molecule has 0 bridgehead atoms. The van der Waals surface area contributed by atoms with E-state index >= 15 is 0 Å². The second-order valence-corrected chi connectivity index (χ2v) is 4.59. The molecule has 7 heteroatoms. The fourth-order valence-corrected chi connectivity index (χ4v) is 2.38. The van der Waals surface area contributed by atoms with Crippen molar-refractivity contribution in [3.05, 3.63) is 32.8 Å². The zero-order chi connectivity index (χ0) is 14.0. The van der Waals surface area contributed by atoms with E-state index in [1.807, 2.05) is 6.07 Å². The molecular weight excluding hydrogens is 270 g/mol. The standard InChI is InChI=1S/C12H10ClN3O3/c13-9-6-8-2-1-3-12(17)15(5-4-14)10(8)7-11(9)16(18)19/h6-7H,1-3,5H2. The van der Waals surface area contributed by atoms with Crippen LogP contribution in [0.4, 0.5) is 11.4 Å². The summed E-state index contributed by atoms with van der Waals surface area (Å²) in [4.78, 5) is 23.5. The van der Waals surface area contributed by atoms with Gasteiger partial charge in [0.1, 0.15) is 11.6 Å². The van der Waals surface area contributed by atoms with Gasteiger partial charge in [0, 0.05) is 12.5 Å². The molecule has 1 aliphatic rings. The number of nitrogens with zero attached hydrogens (tertiary/aromatic N) is 3. The Labute approximate surface area is 114 Å².